The molecule has 0 bridgehead atoms. The number of aromatic hydroxyl groups is 1. The summed E-state index contributed by atoms with van der Waals surface area (Å²) in [5.74, 6) is -0.118. The van der Waals surface area contributed by atoms with Gasteiger partial charge in [-0.3, -0.25) is 4.79 Å². The van der Waals surface area contributed by atoms with Crippen molar-refractivity contribution in [1.82, 2.24) is 20.0 Å². The molecule has 0 unspecified atom stereocenters. The van der Waals surface area contributed by atoms with Crippen molar-refractivity contribution in [1.29, 1.82) is 0 Å². The zero-order valence-electron chi connectivity index (χ0n) is 5.88. The van der Waals surface area contributed by atoms with Crippen LogP contribution in [0.2, 0.25) is 0 Å². The Morgan fingerprint density at radius 2 is 2.42 bits per heavy atom. The SMILES string of the molecule is O=Cc1c(O)ccn2nnnc12. The fourth-order valence-electron chi connectivity index (χ4n) is 0.930. The lowest BCUT2D eigenvalue weighted by Crippen LogP contribution is -1.92. The van der Waals surface area contributed by atoms with Gasteiger partial charge >= 0.3 is 0 Å². The van der Waals surface area contributed by atoms with Gasteiger partial charge in [0.1, 0.15) is 11.3 Å². The molecule has 2 rings (SSSR count). The second-order valence-electron chi connectivity index (χ2n) is 2.18. The number of tetrazole rings is 1. The highest BCUT2D eigenvalue weighted by atomic mass is 16.3. The standard InChI is InChI=1S/C6H4N4O2/c11-3-4-5(12)1-2-10-6(4)7-8-9-10/h1-3,12H. The third kappa shape index (κ3) is 0.746. The minimum Gasteiger partial charge on any atom is -0.507 e. The summed E-state index contributed by atoms with van der Waals surface area (Å²) in [6.07, 6.45) is 1.98. The Labute approximate surface area is 66.4 Å². The van der Waals surface area contributed by atoms with Crippen LogP contribution in [0.1, 0.15) is 10.4 Å². The van der Waals surface area contributed by atoms with Crippen molar-refractivity contribution in [2.24, 2.45) is 0 Å². The number of nitrogens with zero attached hydrogens (tertiary/aromatic N) is 4. The molecule has 6 heteroatoms. The van der Waals surface area contributed by atoms with Gasteiger partial charge in [0.25, 0.3) is 0 Å². The molecule has 2 heterocycles. The predicted octanol–water partition coefficient (Wildman–Crippen LogP) is -0.358. The van der Waals surface area contributed by atoms with Crippen LogP contribution in [-0.4, -0.2) is 31.4 Å². The van der Waals surface area contributed by atoms with Gasteiger partial charge < -0.3 is 5.11 Å². The predicted molar refractivity (Wildman–Crippen MR) is 37.8 cm³/mol. The Hall–Kier alpha value is -1.98. The summed E-state index contributed by atoms with van der Waals surface area (Å²) in [5, 5.41) is 19.6. The van der Waals surface area contributed by atoms with E-state index < -0.39 is 0 Å². The molecule has 0 aliphatic heterocycles. The van der Waals surface area contributed by atoms with Crippen LogP contribution in [0.5, 0.6) is 5.75 Å². The van der Waals surface area contributed by atoms with E-state index >= 15 is 0 Å². The van der Waals surface area contributed by atoms with Crippen molar-refractivity contribution in [3.8, 4) is 5.75 Å². The molecule has 0 aliphatic rings. The number of aromatic nitrogens is 4. The molecule has 0 saturated heterocycles. The number of aldehydes is 1. The maximum absolute atomic E-state index is 10.5. The molecule has 60 valence electrons. The summed E-state index contributed by atoms with van der Waals surface area (Å²) in [5.41, 5.74) is 0.354. The van der Waals surface area contributed by atoms with Crippen LogP contribution in [0.15, 0.2) is 12.3 Å². The molecule has 0 atom stereocenters. The van der Waals surface area contributed by atoms with Crippen LogP contribution in [0.25, 0.3) is 5.65 Å². The Balaban J connectivity index is 2.91. The molecule has 2 aromatic rings. The Morgan fingerprint density at radius 3 is 3.17 bits per heavy atom. The zero-order chi connectivity index (χ0) is 8.55. The van der Waals surface area contributed by atoms with Crippen molar-refractivity contribution in [3.63, 3.8) is 0 Å². The van der Waals surface area contributed by atoms with E-state index in [9.17, 15) is 9.90 Å². The van der Waals surface area contributed by atoms with E-state index in [-0.39, 0.29) is 17.0 Å². The molecule has 1 N–H and O–H groups in total. The molecular formula is C6H4N4O2. The number of carbonyl (C=O) groups excluding carboxylic acids is 1. The van der Waals surface area contributed by atoms with Gasteiger partial charge in [-0.15, -0.1) is 5.10 Å². The molecule has 12 heavy (non-hydrogen) atoms. The topological polar surface area (TPSA) is 80.4 Å². The quantitative estimate of drug-likeness (QED) is 0.582. The Morgan fingerprint density at radius 1 is 1.58 bits per heavy atom. The molecule has 0 amide bonds. The second kappa shape index (κ2) is 2.26. The lowest BCUT2D eigenvalue weighted by molar-refractivity contribution is 0.112. The fraction of sp³-hybridized carbons (Fsp3) is 0. The average Bonchev–Trinajstić information content (AvgIpc) is 2.52. The first-order valence-electron chi connectivity index (χ1n) is 3.18. The first-order valence-corrected chi connectivity index (χ1v) is 3.18. The van der Waals surface area contributed by atoms with E-state index in [1.54, 1.807) is 0 Å². The highest BCUT2D eigenvalue weighted by Crippen LogP contribution is 2.16. The summed E-state index contributed by atoms with van der Waals surface area (Å²) in [4.78, 5) is 10.5. The van der Waals surface area contributed by atoms with Gasteiger partial charge in [-0.25, -0.2) is 0 Å². The van der Waals surface area contributed by atoms with Gasteiger partial charge in [-0.05, 0) is 16.5 Å². The monoisotopic (exact) mass is 164 g/mol. The summed E-state index contributed by atoms with van der Waals surface area (Å²) in [7, 11) is 0. The molecule has 0 fully saturated rings. The van der Waals surface area contributed by atoms with E-state index in [4.69, 9.17) is 0 Å². The van der Waals surface area contributed by atoms with Crippen LogP contribution in [-0.2, 0) is 0 Å². The van der Waals surface area contributed by atoms with Gasteiger partial charge in [0.2, 0.25) is 0 Å². The molecule has 0 radical (unpaired) electrons. The summed E-state index contributed by atoms with van der Waals surface area (Å²) in [6.45, 7) is 0. The van der Waals surface area contributed by atoms with E-state index in [1.165, 1.54) is 16.8 Å². The van der Waals surface area contributed by atoms with Crippen LogP contribution in [0.4, 0.5) is 0 Å². The van der Waals surface area contributed by atoms with Gasteiger partial charge in [-0.2, -0.15) is 4.52 Å². The van der Waals surface area contributed by atoms with Crippen molar-refractivity contribution >= 4 is 11.9 Å². The van der Waals surface area contributed by atoms with Crippen molar-refractivity contribution in [2.45, 2.75) is 0 Å². The van der Waals surface area contributed by atoms with Crippen molar-refractivity contribution in [3.05, 3.63) is 17.8 Å². The van der Waals surface area contributed by atoms with E-state index in [0.29, 0.717) is 6.29 Å². The average molecular weight is 164 g/mol. The maximum Gasteiger partial charge on any atom is 0.193 e. The molecule has 0 saturated carbocycles. The van der Waals surface area contributed by atoms with Crippen molar-refractivity contribution < 1.29 is 9.90 Å². The van der Waals surface area contributed by atoms with Crippen LogP contribution in [0, 0.1) is 0 Å². The van der Waals surface area contributed by atoms with Gasteiger partial charge in [0.05, 0.1) is 0 Å². The summed E-state index contributed by atoms with van der Waals surface area (Å²) in [6, 6.07) is 1.35. The third-order valence-corrected chi connectivity index (χ3v) is 1.50. The zero-order valence-corrected chi connectivity index (χ0v) is 5.88. The van der Waals surface area contributed by atoms with E-state index in [1.807, 2.05) is 0 Å². The van der Waals surface area contributed by atoms with Crippen LogP contribution < -0.4 is 0 Å². The highest BCUT2D eigenvalue weighted by molar-refractivity contribution is 5.87. The van der Waals surface area contributed by atoms with E-state index in [2.05, 4.69) is 15.5 Å². The van der Waals surface area contributed by atoms with Crippen LogP contribution in [0.3, 0.4) is 0 Å². The molecule has 0 aliphatic carbocycles. The molecule has 0 spiro atoms. The largest absolute Gasteiger partial charge is 0.507 e. The number of rotatable bonds is 1. The minimum atomic E-state index is -0.118. The maximum atomic E-state index is 10.5. The number of hydrogen-bond acceptors (Lipinski definition) is 5. The number of pyridine rings is 1. The number of fused-ring (bicyclic) bond motifs is 1. The second-order valence-corrected chi connectivity index (χ2v) is 2.18. The lowest BCUT2D eigenvalue weighted by atomic mass is 10.3. The molecular weight excluding hydrogens is 160 g/mol. The van der Waals surface area contributed by atoms with Gasteiger partial charge in [0.15, 0.2) is 11.9 Å². The number of carbonyl (C=O) groups is 1. The fourth-order valence-corrected chi connectivity index (χ4v) is 0.930. The molecule has 0 aromatic carbocycles. The first kappa shape index (κ1) is 6.71. The first-order chi connectivity index (χ1) is 5.83. The highest BCUT2D eigenvalue weighted by Gasteiger charge is 2.07. The smallest absolute Gasteiger partial charge is 0.193 e. The molecule has 2 aromatic heterocycles. The van der Waals surface area contributed by atoms with E-state index in [0.717, 1.165) is 0 Å². The van der Waals surface area contributed by atoms with Gasteiger partial charge in [-0.1, -0.05) is 0 Å². The lowest BCUT2D eigenvalue weighted by Gasteiger charge is -1.95. The van der Waals surface area contributed by atoms with Gasteiger partial charge in [0, 0.05) is 6.20 Å². The third-order valence-electron chi connectivity index (χ3n) is 1.50. The minimum absolute atomic E-state index is 0.0995. The Kier molecular flexibility index (Phi) is 1.26. The summed E-state index contributed by atoms with van der Waals surface area (Å²) >= 11 is 0. The number of hydrogen-bond donors (Lipinski definition) is 1. The normalized spacial score (nSPS) is 10.3. The van der Waals surface area contributed by atoms with Crippen LogP contribution >= 0.6 is 0 Å². The van der Waals surface area contributed by atoms with Crippen molar-refractivity contribution in [2.75, 3.05) is 0 Å². The summed E-state index contributed by atoms with van der Waals surface area (Å²) < 4.78 is 1.31. The molecule has 6 nitrogen and oxygen atoms in total. The Bertz CT molecular complexity index is 436.